The number of nitrogens with zero attached hydrogens (tertiary/aromatic N) is 2. The van der Waals surface area contributed by atoms with Crippen LogP contribution in [0.2, 0.25) is 0 Å². The van der Waals surface area contributed by atoms with Crippen molar-refractivity contribution in [2.75, 3.05) is 99.8 Å². The normalized spacial score (nSPS) is 26.8. The van der Waals surface area contributed by atoms with E-state index in [9.17, 15) is 0 Å². The van der Waals surface area contributed by atoms with Crippen molar-refractivity contribution in [3.8, 4) is 0 Å². The van der Waals surface area contributed by atoms with Gasteiger partial charge in [0.15, 0.2) is 0 Å². The summed E-state index contributed by atoms with van der Waals surface area (Å²) in [6.07, 6.45) is 7.07. The van der Waals surface area contributed by atoms with E-state index in [2.05, 4.69) is 23.6 Å². The van der Waals surface area contributed by atoms with Gasteiger partial charge in [-0.2, -0.15) is 0 Å². The van der Waals surface area contributed by atoms with E-state index in [0.29, 0.717) is 19.3 Å². The van der Waals surface area contributed by atoms with Gasteiger partial charge in [0.1, 0.15) is 0 Å². The molecule has 0 radical (unpaired) electrons. The van der Waals surface area contributed by atoms with E-state index in [-0.39, 0.29) is 0 Å². The Kier molecular flexibility index (Phi) is 16.7. The highest BCUT2D eigenvalue weighted by Crippen LogP contribution is 2.35. The molecule has 4 atom stereocenters. The molecule has 0 aliphatic carbocycles. The van der Waals surface area contributed by atoms with E-state index < -0.39 is 0 Å². The molecule has 7 nitrogen and oxygen atoms in total. The quantitative estimate of drug-likeness (QED) is 0.259. The van der Waals surface area contributed by atoms with Crippen LogP contribution in [0.3, 0.4) is 0 Å². The van der Waals surface area contributed by atoms with Crippen LogP contribution in [0.15, 0.2) is 0 Å². The van der Waals surface area contributed by atoms with Crippen molar-refractivity contribution in [2.45, 2.75) is 58.4 Å². The number of likely N-dealkylation sites (tertiary alicyclic amines) is 2. The minimum absolute atomic E-state index is 0.661. The second-order valence-electron chi connectivity index (χ2n) is 10.3. The molecule has 2 aliphatic rings. The molecule has 0 aromatic rings. The minimum Gasteiger partial charge on any atom is -0.385 e. The van der Waals surface area contributed by atoms with Crippen molar-refractivity contribution in [2.24, 2.45) is 17.8 Å². The fourth-order valence-corrected chi connectivity index (χ4v) is 5.37. The molecule has 34 heavy (non-hydrogen) atoms. The van der Waals surface area contributed by atoms with Crippen LogP contribution >= 0.6 is 0 Å². The molecule has 2 saturated heterocycles. The van der Waals surface area contributed by atoms with Crippen LogP contribution in [0.4, 0.5) is 0 Å². The van der Waals surface area contributed by atoms with Crippen LogP contribution in [0.25, 0.3) is 0 Å². The van der Waals surface area contributed by atoms with Gasteiger partial charge in [0, 0.05) is 66.3 Å². The Hall–Kier alpha value is -0.280. The van der Waals surface area contributed by atoms with Crippen molar-refractivity contribution in [3.63, 3.8) is 0 Å². The van der Waals surface area contributed by atoms with E-state index in [4.69, 9.17) is 23.7 Å². The topological polar surface area (TPSA) is 52.6 Å². The van der Waals surface area contributed by atoms with Gasteiger partial charge in [-0.05, 0) is 69.4 Å². The third-order valence-corrected chi connectivity index (χ3v) is 7.59. The number of unbranched alkanes of at least 4 members (excludes halogenated alkanes) is 1. The molecule has 2 unspecified atom stereocenters. The SMILES string of the molecule is COCCCCOCCN1CC[C@@H](C)CC1C1CN(CCOCCCOCCOC)CC[C@@H]1C. The third kappa shape index (κ3) is 12.1. The summed E-state index contributed by atoms with van der Waals surface area (Å²) < 4.78 is 27.5. The van der Waals surface area contributed by atoms with Gasteiger partial charge in [0.05, 0.1) is 26.4 Å². The maximum absolute atomic E-state index is 5.97. The molecule has 0 saturated carbocycles. The van der Waals surface area contributed by atoms with Crippen LogP contribution < -0.4 is 0 Å². The summed E-state index contributed by atoms with van der Waals surface area (Å²) in [5.74, 6) is 2.36. The second kappa shape index (κ2) is 18.9. The van der Waals surface area contributed by atoms with Crippen molar-refractivity contribution in [1.29, 1.82) is 0 Å². The number of methoxy groups -OCH3 is 2. The van der Waals surface area contributed by atoms with Crippen LogP contribution in [0.5, 0.6) is 0 Å². The molecule has 0 aromatic heterocycles. The number of hydrogen-bond acceptors (Lipinski definition) is 7. The lowest BCUT2D eigenvalue weighted by Crippen LogP contribution is -2.54. The Morgan fingerprint density at radius 1 is 0.676 bits per heavy atom. The highest BCUT2D eigenvalue weighted by molar-refractivity contribution is 4.91. The lowest BCUT2D eigenvalue weighted by Gasteiger charge is -2.48. The Morgan fingerprint density at radius 2 is 1.35 bits per heavy atom. The van der Waals surface area contributed by atoms with Gasteiger partial charge in [-0.15, -0.1) is 0 Å². The van der Waals surface area contributed by atoms with Crippen LogP contribution in [-0.2, 0) is 23.7 Å². The maximum Gasteiger partial charge on any atom is 0.0700 e. The molecule has 2 fully saturated rings. The zero-order valence-electron chi connectivity index (χ0n) is 22.7. The van der Waals surface area contributed by atoms with Gasteiger partial charge in [-0.1, -0.05) is 13.8 Å². The second-order valence-corrected chi connectivity index (χ2v) is 10.3. The third-order valence-electron chi connectivity index (χ3n) is 7.59. The fourth-order valence-electron chi connectivity index (χ4n) is 5.37. The smallest absolute Gasteiger partial charge is 0.0700 e. The first-order chi connectivity index (χ1) is 16.7. The average Bonchev–Trinajstić information content (AvgIpc) is 2.84. The Morgan fingerprint density at radius 3 is 2.12 bits per heavy atom. The van der Waals surface area contributed by atoms with Crippen molar-refractivity contribution < 1.29 is 23.7 Å². The highest BCUT2D eigenvalue weighted by Gasteiger charge is 2.38. The van der Waals surface area contributed by atoms with Crippen molar-refractivity contribution in [1.82, 2.24) is 9.80 Å². The summed E-state index contributed by atoms with van der Waals surface area (Å²) in [6, 6.07) is 0.684. The Labute approximate surface area is 209 Å². The predicted octanol–water partition coefficient (Wildman–Crippen LogP) is 3.56. The molecule has 0 bridgehead atoms. The maximum atomic E-state index is 5.97. The summed E-state index contributed by atoms with van der Waals surface area (Å²) in [6.45, 7) is 16.9. The lowest BCUT2D eigenvalue weighted by atomic mass is 9.76. The molecular weight excluding hydrogens is 432 g/mol. The van der Waals surface area contributed by atoms with E-state index in [1.807, 2.05) is 0 Å². The van der Waals surface area contributed by atoms with Gasteiger partial charge in [0.25, 0.3) is 0 Å². The van der Waals surface area contributed by atoms with Crippen molar-refractivity contribution >= 4 is 0 Å². The van der Waals surface area contributed by atoms with Crippen LogP contribution in [-0.4, -0.2) is 116 Å². The lowest BCUT2D eigenvalue weighted by molar-refractivity contribution is -0.0109. The highest BCUT2D eigenvalue weighted by atomic mass is 16.5. The van der Waals surface area contributed by atoms with Gasteiger partial charge in [0.2, 0.25) is 0 Å². The first-order valence-electron chi connectivity index (χ1n) is 13.8. The summed E-state index contributed by atoms with van der Waals surface area (Å²) in [4.78, 5) is 5.39. The van der Waals surface area contributed by atoms with Crippen LogP contribution in [0.1, 0.15) is 52.4 Å². The summed E-state index contributed by atoms with van der Waals surface area (Å²) in [5.41, 5.74) is 0. The largest absolute Gasteiger partial charge is 0.385 e. The van der Waals surface area contributed by atoms with E-state index >= 15 is 0 Å². The zero-order chi connectivity index (χ0) is 24.4. The standard InChI is InChI=1S/C27H54N2O5/c1-24-8-11-29(13-19-32-15-6-5-14-30-3)27(22-24)26-23-28(10-9-25(26)2)12-18-33-16-7-17-34-21-20-31-4/h24-27H,5-23H2,1-4H3/t24-,25+,26?,27?/m1/s1. The molecule has 202 valence electrons. The minimum atomic E-state index is 0.661. The molecule has 2 aliphatic heterocycles. The number of hydrogen-bond donors (Lipinski definition) is 0. The van der Waals surface area contributed by atoms with Gasteiger partial charge in [-0.3, -0.25) is 4.90 Å². The number of ether oxygens (including phenoxy) is 5. The molecule has 0 N–H and O–H groups in total. The average molecular weight is 487 g/mol. The first-order valence-corrected chi connectivity index (χ1v) is 13.8. The van der Waals surface area contributed by atoms with Gasteiger partial charge in [-0.25, -0.2) is 0 Å². The molecule has 0 aromatic carbocycles. The molecular formula is C27H54N2O5. The summed E-state index contributed by atoms with van der Waals surface area (Å²) >= 11 is 0. The van der Waals surface area contributed by atoms with E-state index in [1.165, 1.54) is 38.9 Å². The zero-order valence-corrected chi connectivity index (χ0v) is 22.7. The molecule has 0 amide bonds. The number of piperidine rings is 2. The first kappa shape index (κ1) is 29.9. The van der Waals surface area contributed by atoms with Gasteiger partial charge >= 0.3 is 0 Å². The fraction of sp³-hybridized carbons (Fsp3) is 1.00. The van der Waals surface area contributed by atoms with Gasteiger partial charge < -0.3 is 28.6 Å². The summed E-state index contributed by atoms with van der Waals surface area (Å²) in [7, 11) is 3.47. The van der Waals surface area contributed by atoms with Crippen molar-refractivity contribution in [3.05, 3.63) is 0 Å². The monoisotopic (exact) mass is 486 g/mol. The van der Waals surface area contributed by atoms with E-state index in [0.717, 1.165) is 89.7 Å². The molecule has 0 spiro atoms. The Balaban J connectivity index is 1.69. The molecule has 7 heteroatoms. The number of rotatable bonds is 19. The predicted molar refractivity (Wildman–Crippen MR) is 138 cm³/mol. The van der Waals surface area contributed by atoms with Crippen LogP contribution in [0, 0.1) is 17.8 Å². The van der Waals surface area contributed by atoms with E-state index in [1.54, 1.807) is 14.2 Å². The molecule has 2 heterocycles. The molecule has 2 rings (SSSR count). The Bertz CT molecular complexity index is 484. The summed E-state index contributed by atoms with van der Waals surface area (Å²) in [5, 5.41) is 0.